The highest BCUT2D eigenvalue weighted by Gasteiger charge is 2.23. The van der Waals surface area contributed by atoms with Crippen LogP contribution in [0, 0.1) is 6.92 Å². The van der Waals surface area contributed by atoms with Gasteiger partial charge in [-0.1, -0.05) is 17.7 Å². The first kappa shape index (κ1) is 16.7. The second-order valence-corrected chi connectivity index (χ2v) is 4.44. The number of carbonyl (C=O) groups excluding carboxylic acids is 3. The van der Waals surface area contributed by atoms with Gasteiger partial charge in [-0.3, -0.25) is 14.4 Å². The van der Waals surface area contributed by atoms with Crippen LogP contribution in [0.15, 0.2) is 24.3 Å². The van der Waals surface area contributed by atoms with Crippen LogP contribution < -0.4 is 5.32 Å². The van der Waals surface area contributed by atoms with Crippen molar-refractivity contribution >= 4 is 23.5 Å². The van der Waals surface area contributed by atoms with Crippen molar-refractivity contribution in [3.05, 3.63) is 29.8 Å². The smallest absolute Gasteiger partial charge is 0.325 e. The zero-order chi connectivity index (χ0) is 15.8. The Bertz CT molecular complexity index is 511. The number of aryl methyl sites for hydroxylation is 1. The zero-order valence-electron chi connectivity index (χ0n) is 12.5. The minimum absolute atomic E-state index is 0.232. The molecule has 0 aromatic heterocycles. The molecule has 0 aliphatic heterocycles. The SMILES string of the molecule is CCOC(=O)CN(CC)C(=O)C(=O)Nc1ccc(C)cc1. The first-order valence-corrected chi connectivity index (χ1v) is 6.80. The number of likely N-dealkylation sites (N-methyl/N-ethyl adjacent to an activating group) is 1. The first-order chi connectivity index (χ1) is 9.97. The second kappa shape index (κ2) is 8.04. The number of rotatable bonds is 5. The molecule has 0 heterocycles. The monoisotopic (exact) mass is 292 g/mol. The van der Waals surface area contributed by atoms with E-state index in [1.165, 1.54) is 0 Å². The summed E-state index contributed by atoms with van der Waals surface area (Å²) in [5.41, 5.74) is 1.59. The van der Waals surface area contributed by atoms with E-state index in [2.05, 4.69) is 5.32 Å². The van der Waals surface area contributed by atoms with E-state index in [1.54, 1.807) is 26.0 Å². The van der Waals surface area contributed by atoms with E-state index in [0.717, 1.165) is 10.5 Å². The predicted molar refractivity (Wildman–Crippen MR) is 78.7 cm³/mol. The molecule has 0 saturated carbocycles. The lowest BCUT2D eigenvalue weighted by atomic mass is 10.2. The minimum Gasteiger partial charge on any atom is -0.465 e. The van der Waals surface area contributed by atoms with Crippen LogP contribution in [-0.2, 0) is 19.1 Å². The van der Waals surface area contributed by atoms with E-state index >= 15 is 0 Å². The van der Waals surface area contributed by atoms with Crippen LogP contribution in [0.2, 0.25) is 0 Å². The Morgan fingerprint density at radius 3 is 2.29 bits per heavy atom. The lowest BCUT2D eigenvalue weighted by molar-refractivity contribution is -0.151. The van der Waals surface area contributed by atoms with E-state index in [1.807, 2.05) is 19.1 Å². The van der Waals surface area contributed by atoms with Crippen molar-refractivity contribution in [2.75, 3.05) is 25.0 Å². The maximum atomic E-state index is 12.0. The fourth-order valence-electron chi connectivity index (χ4n) is 1.65. The number of benzene rings is 1. The summed E-state index contributed by atoms with van der Waals surface area (Å²) in [5, 5.41) is 2.51. The molecular formula is C15H20N2O4. The van der Waals surface area contributed by atoms with Crippen LogP contribution >= 0.6 is 0 Å². The highest BCUT2D eigenvalue weighted by molar-refractivity contribution is 6.39. The molecule has 0 saturated heterocycles. The summed E-state index contributed by atoms with van der Waals surface area (Å²) < 4.78 is 4.77. The minimum atomic E-state index is -0.773. The zero-order valence-corrected chi connectivity index (χ0v) is 12.5. The largest absolute Gasteiger partial charge is 0.465 e. The molecular weight excluding hydrogens is 272 g/mol. The molecule has 0 atom stereocenters. The lowest BCUT2D eigenvalue weighted by Gasteiger charge is -2.19. The fourth-order valence-corrected chi connectivity index (χ4v) is 1.65. The summed E-state index contributed by atoms with van der Waals surface area (Å²) in [6.45, 7) is 5.55. The van der Waals surface area contributed by atoms with Gasteiger partial charge in [-0.25, -0.2) is 0 Å². The Labute approximate surface area is 124 Å². The fraction of sp³-hybridized carbons (Fsp3) is 0.400. The quantitative estimate of drug-likeness (QED) is 0.656. The molecule has 6 nitrogen and oxygen atoms in total. The Morgan fingerprint density at radius 1 is 1.14 bits per heavy atom. The summed E-state index contributed by atoms with van der Waals surface area (Å²) in [7, 11) is 0. The van der Waals surface area contributed by atoms with Crippen LogP contribution in [0.5, 0.6) is 0 Å². The van der Waals surface area contributed by atoms with Gasteiger partial charge in [-0.15, -0.1) is 0 Å². The van der Waals surface area contributed by atoms with Crippen molar-refractivity contribution in [1.82, 2.24) is 4.90 Å². The van der Waals surface area contributed by atoms with Gasteiger partial charge in [0, 0.05) is 12.2 Å². The molecule has 0 aliphatic carbocycles. The van der Waals surface area contributed by atoms with Crippen molar-refractivity contribution in [2.24, 2.45) is 0 Å². The van der Waals surface area contributed by atoms with Gasteiger partial charge < -0.3 is 15.0 Å². The molecule has 1 aromatic carbocycles. The summed E-state index contributed by atoms with van der Waals surface area (Å²) in [4.78, 5) is 36.4. The van der Waals surface area contributed by atoms with Crippen LogP contribution in [0.1, 0.15) is 19.4 Å². The molecule has 1 rings (SSSR count). The summed E-state index contributed by atoms with van der Waals surface area (Å²) in [6.07, 6.45) is 0. The highest BCUT2D eigenvalue weighted by atomic mass is 16.5. The molecule has 6 heteroatoms. The molecule has 1 N–H and O–H groups in total. The van der Waals surface area contributed by atoms with Crippen molar-refractivity contribution in [1.29, 1.82) is 0 Å². The van der Waals surface area contributed by atoms with Gasteiger partial charge in [0.25, 0.3) is 0 Å². The van der Waals surface area contributed by atoms with E-state index in [4.69, 9.17) is 4.74 Å². The normalized spacial score (nSPS) is 9.86. The van der Waals surface area contributed by atoms with Crippen LogP contribution in [-0.4, -0.2) is 42.4 Å². The van der Waals surface area contributed by atoms with Crippen molar-refractivity contribution in [3.63, 3.8) is 0 Å². The van der Waals surface area contributed by atoms with E-state index in [-0.39, 0.29) is 19.7 Å². The third kappa shape index (κ3) is 5.25. The van der Waals surface area contributed by atoms with Crippen LogP contribution in [0.25, 0.3) is 0 Å². The van der Waals surface area contributed by atoms with Crippen molar-refractivity contribution < 1.29 is 19.1 Å². The van der Waals surface area contributed by atoms with Gasteiger partial charge in [0.05, 0.1) is 6.61 Å². The van der Waals surface area contributed by atoms with Gasteiger partial charge in [-0.2, -0.15) is 0 Å². The van der Waals surface area contributed by atoms with Crippen LogP contribution in [0.4, 0.5) is 5.69 Å². The Balaban J connectivity index is 2.64. The van der Waals surface area contributed by atoms with Gasteiger partial charge in [0.1, 0.15) is 6.54 Å². The lowest BCUT2D eigenvalue weighted by Crippen LogP contribution is -2.42. The molecule has 0 spiro atoms. The molecule has 0 radical (unpaired) electrons. The number of ether oxygens (including phenoxy) is 1. The van der Waals surface area contributed by atoms with E-state index in [9.17, 15) is 14.4 Å². The second-order valence-electron chi connectivity index (χ2n) is 4.44. The molecule has 1 aromatic rings. The van der Waals surface area contributed by atoms with Crippen molar-refractivity contribution in [2.45, 2.75) is 20.8 Å². The van der Waals surface area contributed by atoms with Gasteiger partial charge >= 0.3 is 17.8 Å². The average molecular weight is 292 g/mol. The third-order valence-corrected chi connectivity index (χ3v) is 2.80. The molecule has 0 unspecified atom stereocenters. The summed E-state index contributed by atoms with van der Waals surface area (Å²) in [6, 6.07) is 7.08. The number of carbonyl (C=O) groups is 3. The number of esters is 1. The number of hydrogen-bond acceptors (Lipinski definition) is 4. The van der Waals surface area contributed by atoms with E-state index < -0.39 is 17.8 Å². The molecule has 0 bridgehead atoms. The Kier molecular flexibility index (Phi) is 6.39. The number of amides is 2. The topological polar surface area (TPSA) is 75.7 Å². The number of nitrogens with one attached hydrogen (secondary N) is 1. The van der Waals surface area contributed by atoms with Crippen LogP contribution in [0.3, 0.4) is 0 Å². The van der Waals surface area contributed by atoms with Crippen molar-refractivity contribution in [3.8, 4) is 0 Å². The first-order valence-electron chi connectivity index (χ1n) is 6.80. The van der Waals surface area contributed by atoms with E-state index in [0.29, 0.717) is 5.69 Å². The number of nitrogens with zero attached hydrogens (tertiary/aromatic N) is 1. The summed E-state index contributed by atoms with van der Waals surface area (Å²) in [5.74, 6) is -2.06. The number of anilines is 1. The molecule has 114 valence electrons. The van der Waals surface area contributed by atoms with Gasteiger partial charge in [0.2, 0.25) is 0 Å². The van der Waals surface area contributed by atoms with Gasteiger partial charge in [0.15, 0.2) is 0 Å². The average Bonchev–Trinajstić information content (AvgIpc) is 2.46. The standard InChI is InChI=1S/C15H20N2O4/c1-4-17(10-13(18)21-5-2)15(20)14(19)16-12-8-6-11(3)7-9-12/h6-9H,4-5,10H2,1-3H3,(H,16,19). The molecule has 21 heavy (non-hydrogen) atoms. The highest BCUT2D eigenvalue weighted by Crippen LogP contribution is 2.08. The molecule has 0 aliphatic rings. The maximum absolute atomic E-state index is 12.0. The predicted octanol–water partition coefficient (Wildman–Crippen LogP) is 1.35. The number of hydrogen-bond donors (Lipinski definition) is 1. The Hall–Kier alpha value is -2.37. The Morgan fingerprint density at radius 2 is 1.76 bits per heavy atom. The maximum Gasteiger partial charge on any atom is 0.325 e. The molecule has 0 fully saturated rings. The summed E-state index contributed by atoms with van der Waals surface area (Å²) >= 11 is 0. The molecule has 2 amide bonds. The van der Waals surface area contributed by atoms with Gasteiger partial charge in [-0.05, 0) is 32.9 Å². The third-order valence-electron chi connectivity index (χ3n) is 2.80.